The zero-order valence-corrected chi connectivity index (χ0v) is 12.6. The van der Waals surface area contributed by atoms with Crippen LogP contribution in [-0.2, 0) is 4.84 Å². The molecule has 0 aliphatic heterocycles. The standard InChI is InChI=1S/C13H16ClN5O3/c1-22-18-11-10-12(17-13(14)16-11)19(6-15-10)8-3-2-7(4-8)9(21)5-20/h2-3,6-9,20-21H,4-5H2,1H3,(H,16,17,18)/t7-,8+,9-/m1/s1. The summed E-state index contributed by atoms with van der Waals surface area (Å²) in [6, 6.07) is -0.0161. The molecule has 22 heavy (non-hydrogen) atoms. The number of hydrogen-bond donors (Lipinski definition) is 3. The van der Waals surface area contributed by atoms with Crippen molar-refractivity contribution < 1.29 is 15.1 Å². The Balaban J connectivity index is 1.94. The van der Waals surface area contributed by atoms with E-state index in [0.717, 1.165) is 0 Å². The Labute approximate surface area is 131 Å². The van der Waals surface area contributed by atoms with E-state index in [4.69, 9.17) is 21.5 Å². The van der Waals surface area contributed by atoms with Gasteiger partial charge in [0.25, 0.3) is 0 Å². The maximum atomic E-state index is 9.75. The van der Waals surface area contributed by atoms with Crippen LogP contribution in [0.3, 0.4) is 0 Å². The van der Waals surface area contributed by atoms with E-state index in [9.17, 15) is 5.11 Å². The monoisotopic (exact) mass is 325 g/mol. The minimum atomic E-state index is -0.764. The molecule has 0 fully saturated rings. The first-order valence-electron chi connectivity index (χ1n) is 6.80. The highest BCUT2D eigenvalue weighted by molar-refractivity contribution is 6.28. The van der Waals surface area contributed by atoms with Gasteiger partial charge in [-0.3, -0.25) is 4.84 Å². The van der Waals surface area contributed by atoms with Gasteiger partial charge in [0.1, 0.15) is 0 Å². The highest BCUT2D eigenvalue weighted by Gasteiger charge is 2.27. The molecule has 0 amide bonds. The number of aromatic nitrogens is 4. The van der Waals surface area contributed by atoms with Gasteiger partial charge >= 0.3 is 0 Å². The molecule has 2 heterocycles. The molecule has 1 aliphatic rings. The lowest BCUT2D eigenvalue weighted by Gasteiger charge is -2.17. The number of halogens is 1. The van der Waals surface area contributed by atoms with Crippen molar-refractivity contribution in [3.8, 4) is 0 Å². The fourth-order valence-corrected chi connectivity index (χ4v) is 2.80. The number of fused-ring (bicyclic) bond motifs is 1. The molecule has 118 valence electrons. The fraction of sp³-hybridized carbons (Fsp3) is 0.462. The van der Waals surface area contributed by atoms with Crippen molar-refractivity contribution in [3.63, 3.8) is 0 Å². The number of imidazole rings is 1. The van der Waals surface area contributed by atoms with Crippen molar-refractivity contribution in [2.45, 2.75) is 18.6 Å². The number of aliphatic hydroxyl groups excluding tert-OH is 2. The number of nitrogens with one attached hydrogen (secondary N) is 1. The molecule has 0 aromatic carbocycles. The van der Waals surface area contributed by atoms with Gasteiger partial charge < -0.3 is 14.8 Å². The van der Waals surface area contributed by atoms with E-state index < -0.39 is 6.10 Å². The lowest BCUT2D eigenvalue weighted by atomic mass is 10.0. The van der Waals surface area contributed by atoms with E-state index in [1.165, 1.54) is 7.11 Å². The number of allylic oxidation sites excluding steroid dienone is 1. The van der Waals surface area contributed by atoms with Crippen LogP contribution in [0.15, 0.2) is 18.5 Å². The summed E-state index contributed by atoms with van der Waals surface area (Å²) in [4.78, 5) is 17.4. The third-order valence-electron chi connectivity index (χ3n) is 3.73. The number of aliphatic hydroxyl groups is 2. The maximum absolute atomic E-state index is 9.75. The number of nitrogens with zero attached hydrogens (tertiary/aromatic N) is 4. The molecule has 0 radical (unpaired) electrons. The van der Waals surface area contributed by atoms with Crippen LogP contribution < -0.4 is 5.48 Å². The molecule has 3 rings (SSSR count). The summed E-state index contributed by atoms with van der Waals surface area (Å²) in [7, 11) is 1.47. The molecule has 2 aromatic heterocycles. The van der Waals surface area contributed by atoms with Crippen molar-refractivity contribution >= 4 is 28.6 Å². The lowest BCUT2D eigenvalue weighted by Crippen LogP contribution is -2.22. The number of hydrogen-bond acceptors (Lipinski definition) is 7. The van der Waals surface area contributed by atoms with E-state index >= 15 is 0 Å². The fourth-order valence-electron chi connectivity index (χ4n) is 2.63. The topological polar surface area (TPSA) is 105 Å². The van der Waals surface area contributed by atoms with Gasteiger partial charge in [-0.2, -0.15) is 9.97 Å². The van der Waals surface area contributed by atoms with E-state index in [2.05, 4.69) is 20.4 Å². The van der Waals surface area contributed by atoms with E-state index in [0.29, 0.717) is 23.4 Å². The number of anilines is 1. The van der Waals surface area contributed by atoms with Crippen molar-refractivity contribution in [1.82, 2.24) is 19.5 Å². The van der Waals surface area contributed by atoms with Crippen LogP contribution in [0.4, 0.5) is 5.82 Å². The SMILES string of the molecule is CONc1nc(Cl)nc2c1ncn2[C@H]1C=C[C@@H]([C@H](O)CO)C1. The smallest absolute Gasteiger partial charge is 0.226 e. The second-order valence-corrected chi connectivity index (χ2v) is 5.41. The van der Waals surface area contributed by atoms with Crippen LogP contribution in [0, 0.1) is 5.92 Å². The quantitative estimate of drug-likeness (QED) is 0.426. The van der Waals surface area contributed by atoms with E-state index in [-0.39, 0.29) is 23.9 Å². The summed E-state index contributed by atoms with van der Waals surface area (Å²) in [5, 5.41) is 18.9. The molecule has 0 unspecified atom stereocenters. The maximum Gasteiger partial charge on any atom is 0.226 e. The van der Waals surface area contributed by atoms with Crippen LogP contribution in [0.2, 0.25) is 5.28 Å². The highest BCUT2D eigenvalue weighted by atomic mass is 35.5. The summed E-state index contributed by atoms with van der Waals surface area (Å²) in [6.07, 6.45) is 5.40. The Morgan fingerprint density at radius 3 is 3.05 bits per heavy atom. The molecular formula is C13H16ClN5O3. The molecule has 0 bridgehead atoms. The summed E-state index contributed by atoms with van der Waals surface area (Å²) in [5.41, 5.74) is 3.75. The van der Waals surface area contributed by atoms with Gasteiger partial charge in [-0.25, -0.2) is 10.5 Å². The molecule has 3 N–H and O–H groups in total. The summed E-state index contributed by atoms with van der Waals surface area (Å²) >= 11 is 5.95. The Kier molecular flexibility index (Phi) is 4.25. The largest absolute Gasteiger partial charge is 0.394 e. The third-order valence-corrected chi connectivity index (χ3v) is 3.89. The van der Waals surface area contributed by atoms with E-state index in [1.54, 1.807) is 6.33 Å². The third kappa shape index (κ3) is 2.66. The first-order valence-corrected chi connectivity index (χ1v) is 7.18. The van der Waals surface area contributed by atoms with Crippen molar-refractivity contribution in [2.75, 3.05) is 19.2 Å². The minimum Gasteiger partial charge on any atom is -0.394 e. The lowest BCUT2D eigenvalue weighted by molar-refractivity contribution is 0.0605. The molecule has 9 heteroatoms. The Morgan fingerprint density at radius 1 is 1.50 bits per heavy atom. The first kappa shape index (κ1) is 15.2. The van der Waals surface area contributed by atoms with Gasteiger partial charge in [0, 0.05) is 5.92 Å². The first-order chi connectivity index (χ1) is 10.6. The van der Waals surface area contributed by atoms with Crippen LogP contribution in [0.1, 0.15) is 12.5 Å². The zero-order valence-electron chi connectivity index (χ0n) is 11.8. The van der Waals surface area contributed by atoms with Gasteiger partial charge in [-0.05, 0) is 18.0 Å². The van der Waals surface area contributed by atoms with Crippen LogP contribution >= 0.6 is 11.6 Å². The number of rotatable bonds is 5. The van der Waals surface area contributed by atoms with Crippen molar-refractivity contribution in [2.24, 2.45) is 5.92 Å². The summed E-state index contributed by atoms with van der Waals surface area (Å²) in [5.74, 6) is 0.298. The Hall–Kier alpha value is -1.74. The molecule has 2 aromatic rings. The second kappa shape index (κ2) is 6.17. The molecule has 0 spiro atoms. The second-order valence-electron chi connectivity index (χ2n) is 5.07. The van der Waals surface area contributed by atoms with Crippen LogP contribution in [-0.4, -0.2) is 49.6 Å². The van der Waals surface area contributed by atoms with Gasteiger partial charge in [0.05, 0.1) is 32.2 Å². The molecule has 1 aliphatic carbocycles. The van der Waals surface area contributed by atoms with Gasteiger partial charge in [-0.15, -0.1) is 0 Å². The highest BCUT2D eigenvalue weighted by Crippen LogP contribution is 2.33. The van der Waals surface area contributed by atoms with Crippen LogP contribution in [0.5, 0.6) is 0 Å². The normalized spacial score (nSPS) is 22.4. The van der Waals surface area contributed by atoms with Crippen LogP contribution in [0.25, 0.3) is 11.2 Å². The Bertz CT molecular complexity index is 704. The van der Waals surface area contributed by atoms with Gasteiger partial charge in [-0.1, -0.05) is 12.2 Å². The average Bonchev–Trinajstić information content (AvgIpc) is 3.12. The Morgan fingerprint density at radius 2 is 2.32 bits per heavy atom. The molecule has 3 atom stereocenters. The molecule has 0 saturated heterocycles. The van der Waals surface area contributed by atoms with Crippen molar-refractivity contribution in [3.05, 3.63) is 23.8 Å². The summed E-state index contributed by atoms with van der Waals surface area (Å²) in [6.45, 7) is -0.262. The van der Waals surface area contributed by atoms with Gasteiger partial charge in [0.15, 0.2) is 17.0 Å². The molecule has 8 nitrogen and oxygen atoms in total. The minimum absolute atomic E-state index is 0.0161. The average molecular weight is 326 g/mol. The predicted octanol–water partition coefficient (Wildman–Crippen LogP) is 0.923. The zero-order chi connectivity index (χ0) is 15.7. The van der Waals surface area contributed by atoms with Crippen molar-refractivity contribution in [1.29, 1.82) is 0 Å². The molecule has 0 saturated carbocycles. The predicted molar refractivity (Wildman–Crippen MR) is 80.3 cm³/mol. The molecular weight excluding hydrogens is 310 g/mol. The van der Waals surface area contributed by atoms with Gasteiger partial charge in [0.2, 0.25) is 5.28 Å². The van der Waals surface area contributed by atoms with E-state index in [1.807, 2.05) is 16.7 Å². The summed E-state index contributed by atoms with van der Waals surface area (Å²) < 4.78 is 1.87.